The lowest BCUT2D eigenvalue weighted by molar-refractivity contribution is -0.0328. The summed E-state index contributed by atoms with van der Waals surface area (Å²) in [6.07, 6.45) is 0. The van der Waals surface area contributed by atoms with Gasteiger partial charge in [0.15, 0.2) is 0 Å². The first kappa shape index (κ1) is 16.1. The van der Waals surface area contributed by atoms with Crippen LogP contribution in [0.3, 0.4) is 0 Å². The first-order chi connectivity index (χ1) is 8.58. The van der Waals surface area contributed by atoms with Gasteiger partial charge in [-0.05, 0) is 23.9 Å². The Kier molecular flexibility index (Phi) is 4.73. The van der Waals surface area contributed by atoms with Crippen LogP contribution in [0, 0.1) is 11.3 Å². The maximum atomic E-state index is 12.3. The van der Waals surface area contributed by atoms with Crippen molar-refractivity contribution in [3.05, 3.63) is 23.3 Å². The van der Waals surface area contributed by atoms with Crippen LogP contribution in [0.15, 0.2) is 21.9 Å². The molecule has 0 aliphatic heterocycles. The number of alkyl halides is 3. The molecule has 0 heterocycles. The molecule has 0 amide bonds. The molecule has 0 radical (unpaired) electrons. The average Bonchev–Trinajstić information content (AvgIpc) is 2.24. The van der Waals surface area contributed by atoms with Gasteiger partial charge in [0, 0.05) is 27.7 Å². The zero-order chi connectivity index (χ0) is 14.8. The van der Waals surface area contributed by atoms with Gasteiger partial charge in [-0.2, -0.15) is 18.4 Å². The van der Waals surface area contributed by atoms with Gasteiger partial charge in [-0.25, -0.2) is 8.42 Å². The summed E-state index contributed by atoms with van der Waals surface area (Å²) in [4.78, 5) is -1.03. The molecule has 0 aliphatic carbocycles. The van der Waals surface area contributed by atoms with Gasteiger partial charge in [-0.1, -0.05) is 0 Å². The highest BCUT2D eigenvalue weighted by atomic mass is 35.7. The quantitative estimate of drug-likeness (QED) is 0.680. The molecule has 0 fully saturated rings. The van der Waals surface area contributed by atoms with E-state index in [2.05, 4.69) is 0 Å². The van der Waals surface area contributed by atoms with Crippen LogP contribution in [0.1, 0.15) is 11.1 Å². The molecule has 0 spiro atoms. The molecule has 0 atom stereocenters. The maximum Gasteiger partial charge on any atom is 0.446 e. The van der Waals surface area contributed by atoms with Crippen molar-refractivity contribution in [2.24, 2.45) is 5.73 Å². The van der Waals surface area contributed by atoms with Gasteiger partial charge >= 0.3 is 5.51 Å². The summed E-state index contributed by atoms with van der Waals surface area (Å²) >= 11 is -0.535. The van der Waals surface area contributed by atoms with Crippen molar-refractivity contribution in [1.82, 2.24) is 0 Å². The predicted octanol–water partition coefficient (Wildman–Crippen LogP) is 2.56. The fourth-order valence-corrected chi connectivity index (χ4v) is 3.20. The summed E-state index contributed by atoms with van der Waals surface area (Å²) in [5.41, 5.74) is 0.330. The van der Waals surface area contributed by atoms with E-state index in [9.17, 15) is 21.6 Å². The Balaban J connectivity index is 3.54. The third-order valence-corrected chi connectivity index (χ3v) is 4.09. The van der Waals surface area contributed by atoms with E-state index in [1.807, 2.05) is 0 Å². The van der Waals surface area contributed by atoms with Crippen LogP contribution in [-0.4, -0.2) is 13.9 Å². The molecule has 1 rings (SSSR count). The topological polar surface area (TPSA) is 84.0 Å². The van der Waals surface area contributed by atoms with Crippen molar-refractivity contribution in [2.75, 3.05) is 0 Å². The van der Waals surface area contributed by atoms with E-state index >= 15 is 0 Å². The number of halogens is 4. The molecular formula is C9H6ClF3N2O2S2. The predicted molar refractivity (Wildman–Crippen MR) is 64.0 cm³/mol. The average molecular weight is 331 g/mol. The van der Waals surface area contributed by atoms with Gasteiger partial charge in [0.1, 0.15) is 0 Å². The van der Waals surface area contributed by atoms with Gasteiger partial charge in [0.05, 0.1) is 16.5 Å². The summed E-state index contributed by atoms with van der Waals surface area (Å²) in [5.74, 6) is 0. The number of rotatable bonds is 3. The molecule has 1 aromatic carbocycles. The lowest BCUT2D eigenvalue weighted by atomic mass is 10.1. The zero-order valence-electron chi connectivity index (χ0n) is 9.03. The largest absolute Gasteiger partial charge is 0.446 e. The Labute approximate surface area is 115 Å². The fourth-order valence-electron chi connectivity index (χ4n) is 1.34. The number of nitriles is 1. The molecule has 10 heteroatoms. The fraction of sp³-hybridized carbons (Fsp3) is 0.222. The van der Waals surface area contributed by atoms with E-state index in [0.717, 1.165) is 12.1 Å². The van der Waals surface area contributed by atoms with E-state index in [-0.39, 0.29) is 17.7 Å². The van der Waals surface area contributed by atoms with Crippen molar-refractivity contribution in [1.29, 1.82) is 5.26 Å². The van der Waals surface area contributed by atoms with Gasteiger partial charge in [0.25, 0.3) is 9.05 Å². The highest BCUT2D eigenvalue weighted by Crippen LogP contribution is 2.39. The number of benzene rings is 1. The van der Waals surface area contributed by atoms with Crippen LogP contribution >= 0.6 is 22.4 Å². The molecule has 2 N–H and O–H groups in total. The van der Waals surface area contributed by atoms with Crippen LogP contribution in [0.25, 0.3) is 0 Å². The highest BCUT2D eigenvalue weighted by molar-refractivity contribution is 8.13. The zero-order valence-corrected chi connectivity index (χ0v) is 11.4. The molecule has 0 aliphatic rings. The molecular weight excluding hydrogens is 325 g/mol. The minimum atomic E-state index is -4.61. The van der Waals surface area contributed by atoms with E-state index in [1.54, 1.807) is 6.07 Å². The summed E-state index contributed by atoms with van der Waals surface area (Å²) in [6.45, 7) is -0.332. The number of nitrogens with two attached hydrogens (primary N) is 1. The summed E-state index contributed by atoms with van der Waals surface area (Å²) in [6, 6.07) is 3.28. The summed E-state index contributed by atoms with van der Waals surface area (Å²) < 4.78 is 59.4. The summed E-state index contributed by atoms with van der Waals surface area (Å²) in [7, 11) is 0.836. The highest BCUT2D eigenvalue weighted by Gasteiger charge is 2.31. The van der Waals surface area contributed by atoms with Gasteiger partial charge in [0.2, 0.25) is 0 Å². The third kappa shape index (κ3) is 4.28. The smallest absolute Gasteiger partial charge is 0.326 e. The second-order valence-corrected chi connectivity index (χ2v) is 6.92. The van der Waals surface area contributed by atoms with Gasteiger partial charge < -0.3 is 5.73 Å². The first-order valence-corrected chi connectivity index (χ1v) is 7.68. The second-order valence-electron chi connectivity index (χ2n) is 3.25. The first-order valence-electron chi connectivity index (χ1n) is 4.56. The van der Waals surface area contributed by atoms with E-state index in [1.165, 1.54) is 0 Å². The number of thioether (sulfide) groups is 1. The molecule has 0 saturated heterocycles. The minimum absolute atomic E-state index is 0.107. The minimum Gasteiger partial charge on any atom is -0.326 e. The van der Waals surface area contributed by atoms with E-state index in [0.29, 0.717) is 0 Å². The Morgan fingerprint density at radius 1 is 1.42 bits per heavy atom. The Morgan fingerprint density at radius 2 is 2.00 bits per heavy atom. The standard InChI is InChI=1S/C9H6ClF3N2O2S2/c10-19(16,17)8-2-6(18-9(11,12)13)1-5(3-14)7(8)4-15/h1-2H,4,15H2. The Bertz CT molecular complexity index is 638. The second kappa shape index (κ2) is 5.58. The number of nitrogens with zero attached hydrogens (tertiary/aromatic N) is 1. The molecule has 0 unspecified atom stereocenters. The van der Waals surface area contributed by atoms with Crippen molar-refractivity contribution in [3.8, 4) is 6.07 Å². The SMILES string of the molecule is N#Cc1cc(SC(F)(F)F)cc(S(=O)(=O)Cl)c1CN. The Hall–Kier alpha value is -0.950. The number of hydrogen-bond donors (Lipinski definition) is 1. The third-order valence-electron chi connectivity index (χ3n) is 2.00. The van der Waals surface area contributed by atoms with Gasteiger partial charge in [-0.15, -0.1) is 0 Å². The van der Waals surface area contributed by atoms with E-state index < -0.39 is 36.1 Å². The molecule has 4 nitrogen and oxygen atoms in total. The van der Waals surface area contributed by atoms with Crippen molar-refractivity contribution in [2.45, 2.75) is 21.8 Å². The molecule has 0 bridgehead atoms. The molecule has 0 saturated carbocycles. The molecule has 104 valence electrons. The monoisotopic (exact) mass is 330 g/mol. The summed E-state index contributed by atoms with van der Waals surface area (Å²) in [5, 5.41) is 8.83. The maximum absolute atomic E-state index is 12.3. The van der Waals surface area contributed by atoms with Crippen LogP contribution < -0.4 is 5.73 Å². The normalized spacial score (nSPS) is 12.2. The van der Waals surface area contributed by atoms with Crippen LogP contribution in [0.5, 0.6) is 0 Å². The van der Waals surface area contributed by atoms with Gasteiger partial charge in [-0.3, -0.25) is 0 Å². The molecule has 1 aromatic rings. The van der Waals surface area contributed by atoms with Crippen molar-refractivity contribution < 1.29 is 21.6 Å². The van der Waals surface area contributed by atoms with Crippen LogP contribution in [0.4, 0.5) is 13.2 Å². The lowest BCUT2D eigenvalue weighted by Crippen LogP contribution is -2.08. The Morgan fingerprint density at radius 3 is 2.37 bits per heavy atom. The molecule has 0 aromatic heterocycles. The van der Waals surface area contributed by atoms with Crippen molar-refractivity contribution in [3.63, 3.8) is 0 Å². The van der Waals surface area contributed by atoms with Crippen molar-refractivity contribution >= 4 is 31.5 Å². The number of hydrogen-bond acceptors (Lipinski definition) is 5. The van der Waals surface area contributed by atoms with Crippen LogP contribution in [-0.2, 0) is 15.6 Å². The van der Waals surface area contributed by atoms with E-state index in [4.69, 9.17) is 21.7 Å². The molecule has 19 heavy (non-hydrogen) atoms. The van der Waals surface area contributed by atoms with Crippen LogP contribution in [0.2, 0.25) is 0 Å². The lowest BCUT2D eigenvalue weighted by Gasteiger charge is -2.11.